The predicted octanol–water partition coefficient (Wildman–Crippen LogP) is -1.02. The minimum atomic E-state index is -3.86. The van der Waals surface area contributed by atoms with Gasteiger partial charge in [0, 0.05) is 12.4 Å². The summed E-state index contributed by atoms with van der Waals surface area (Å²) in [5.74, 6) is 0.313. The quantitative estimate of drug-likeness (QED) is 0.725. The van der Waals surface area contributed by atoms with Crippen LogP contribution in [0.5, 0.6) is 0 Å². The van der Waals surface area contributed by atoms with E-state index in [1.165, 1.54) is 11.6 Å². The van der Waals surface area contributed by atoms with Gasteiger partial charge in [-0.15, -0.1) is 15.3 Å². The lowest BCUT2D eigenvalue weighted by molar-refractivity contribution is 0.580. The summed E-state index contributed by atoms with van der Waals surface area (Å²) < 4.78 is 27.0. The normalized spacial score (nSPS) is 11.9. The molecule has 0 atom stereocenters. The zero-order valence-corrected chi connectivity index (χ0v) is 9.16. The minimum Gasteiger partial charge on any atom is -0.298 e. The Bertz CT molecular complexity index is 571. The second-order valence-electron chi connectivity index (χ2n) is 2.70. The average Bonchev–Trinajstić information content (AvgIpc) is 2.69. The Balaban J connectivity index is 2.60. The number of sulfonamides is 1. The molecular formula is C5H6N6O2S2. The molecule has 2 aromatic rings. The molecule has 2 rings (SSSR count). The fraction of sp³-hybridized carbons (Fsp3) is 0.200. The number of rotatable bonds is 2. The molecule has 0 fully saturated rings. The summed E-state index contributed by atoms with van der Waals surface area (Å²) in [5, 5.41) is 17.2. The average molecular weight is 246 g/mol. The van der Waals surface area contributed by atoms with Crippen LogP contribution in [0, 0.1) is 0 Å². The molecule has 0 saturated heterocycles. The van der Waals surface area contributed by atoms with Gasteiger partial charge in [-0.2, -0.15) is 0 Å². The van der Waals surface area contributed by atoms with Crippen LogP contribution >= 0.6 is 11.5 Å². The second-order valence-corrected chi connectivity index (χ2v) is 4.77. The molecule has 8 nitrogen and oxygen atoms in total. The van der Waals surface area contributed by atoms with E-state index in [4.69, 9.17) is 5.14 Å². The highest BCUT2D eigenvalue weighted by Gasteiger charge is 2.20. The van der Waals surface area contributed by atoms with Crippen molar-refractivity contribution in [2.45, 2.75) is 5.16 Å². The first-order valence-corrected chi connectivity index (χ1v) is 6.08. The first-order chi connectivity index (χ1) is 7.00. The topological polar surface area (TPSA) is 117 Å². The van der Waals surface area contributed by atoms with Gasteiger partial charge in [-0.3, -0.25) is 4.57 Å². The highest BCUT2D eigenvalue weighted by molar-refractivity contribution is 7.89. The largest absolute Gasteiger partial charge is 0.298 e. The van der Waals surface area contributed by atoms with Crippen LogP contribution in [-0.4, -0.2) is 32.8 Å². The zero-order valence-electron chi connectivity index (χ0n) is 7.52. The van der Waals surface area contributed by atoms with E-state index in [2.05, 4.69) is 19.8 Å². The second kappa shape index (κ2) is 3.32. The number of primary sulfonamides is 1. The monoisotopic (exact) mass is 246 g/mol. The molecule has 0 aliphatic carbocycles. The fourth-order valence-corrected chi connectivity index (χ4v) is 2.11. The third-order valence-corrected chi connectivity index (χ3v) is 3.05. The molecule has 15 heavy (non-hydrogen) atoms. The van der Waals surface area contributed by atoms with E-state index in [9.17, 15) is 8.42 Å². The van der Waals surface area contributed by atoms with Crippen molar-refractivity contribution in [2.24, 2.45) is 12.2 Å². The van der Waals surface area contributed by atoms with E-state index in [1.807, 2.05) is 0 Å². The molecule has 0 radical (unpaired) electrons. The third-order valence-electron chi connectivity index (χ3n) is 1.68. The highest BCUT2D eigenvalue weighted by Crippen LogP contribution is 2.16. The van der Waals surface area contributed by atoms with E-state index in [1.54, 1.807) is 5.38 Å². The van der Waals surface area contributed by atoms with Crippen LogP contribution in [0.4, 0.5) is 0 Å². The number of hydrogen-bond acceptors (Lipinski definition) is 7. The van der Waals surface area contributed by atoms with Crippen molar-refractivity contribution in [3.8, 4) is 11.5 Å². The van der Waals surface area contributed by atoms with Crippen molar-refractivity contribution in [1.82, 2.24) is 24.4 Å². The Morgan fingerprint density at radius 2 is 2.13 bits per heavy atom. The lowest BCUT2D eigenvalue weighted by Crippen LogP contribution is -2.17. The molecule has 0 aliphatic heterocycles. The van der Waals surface area contributed by atoms with Crippen LogP contribution in [0.25, 0.3) is 11.5 Å². The van der Waals surface area contributed by atoms with E-state index in [-0.39, 0.29) is 5.16 Å². The van der Waals surface area contributed by atoms with Crippen LogP contribution < -0.4 is 5.14 Å². The van der Waals surface area contributed by atoms with Crippen LogP contribution in [0.15, 0.2) is 10.5 Å². The summed E-state index contributed by atoms with van der Waals surface area (Å²) in [6, 6.07) is 0. The first-order valence-electron chi connectivity index (χ1n) is 3.70. The molecule has 0 amide bonds. The molecule has 2 aromatic heterocycles. The SMILES string of the molecule is Cn1c(-c2csnn2)nnc1S(N)(=O)=O. The molecule has 0 aliphatic rings. The Morgan fingerprint density at radius 3 is 2.60 bits per heavy atom. The van der Waals surface area contributed by atoms with Crippen LogP contribution in [0.1, 0.15) is 0 Å². The van der Waals surface area contributed by atoms with Crippen molar-refractivity contribution < 1.29 is 8.42 Å². The van der Waals surface area contributed by atoms with Gasteiger partial charge in [0.05, 0.1) is 0 Å². The van der Waals surface area contributed by atoms with Crippen LogP contribution in [0.3, 0.4) is 0 Å². The maximum Gasteiger partial charge on any atom is 0.273 e. The Kier molecular flexibility index (Phi) is 2.25. The maximum absolute atomic E-state index is 11.1. The number of hydrogen-bond donors (Lipinski definition) is 1. The van der Waals surface area contributed by atoms with Crippen molar-refractivity contribution in [2.75, 3.05) is 0 Å². The van der Waals surface area contributed by atoms with Crippen LogP contribution in [-0.2, 0) is 17.1 Å². The van der Waals surface area contributed by atoms with Gasteiger partial charge in [-0.25, -0.2) is 13.6 Å². The summed E-state index contributed by atoms with van der Waals surface area (Å²) in [4.78, 5) is 0. The molecule has 80 valence electrons. The molecule has 0 unspecified atom stereocenters. The summed E-state index contributed by atoms with van der Waals surface area (Å²) >= 11 is 1.14. The summed E-state index contributed by atoms with van der Waals surface area (Å²) in [5.41, 5.74) is 0.463. The van der Waals surface area contributed by atoms with Gasteiger partial charge in [0.25, 0.3) is 15.2 Å². The molecule has 0 spiro atoms. The van der Waals surface area contributed by atoms with Gasteiger partial charge in [-0.05, 0) is 11.5 Å². The zero-order chi connectivity index (χ0) is 11.1. The van der Waals surface area contributed by atoms with E-state index in [0.29, 0.717) is 11.5 Å². The van der Waals surface area contributed by atoms with Gasteiger partial charge in [0.1, 0.15) is 5.69 Å². The van der Waals surface area contributed by atoms with E-state index < -0.39 is 10.0 Å². The van der Waals surface area contributed by atoms with Gasteiger partial charge in [-0.1, -0.05) is 4.49 Å². The maximum atomic E-state index is 11.1. The van der Waals surface area contributed by atoms with E-state index in [0.717, 1.165) is 11.5 Å². The van der Waals surface area contributed by atoms with Gasteiger partial charge >= 0.3 is 0 Å². The number of aromatic nitrogens is 5. The van der Waals surface area contributed by atoms with Gasteiger partial charge in [0.15, 0.2) is 5.82 Å². The number of nitrogens with zero attached hydrogens (tertiary/aromatic N) is 5. The van der Waals surface area contributed by atoms with Crippen molar-refractivity contribution in [3.05, 3.63) is 5.38 Å². The highest BCUT2D eigenvalue weighted by atomic mass is 32.2. The smallest absolute Gasteiger partial charge is 0.273 e. The summed E-state index contributed by atoms with van der Waals surface area (Å²) in [6.45, 7) is 0. The first kappa shape index (κ1) is 10.1. The van der Waals surface area contributed by atoms with Crippen molar-refractivity contribution in [1.29, 1.82) is 0 Å². The molecule has 0 aromatic carbocycles. The Labute approximate surface area is 89.0 Å². The van der Waals surface area contributed by atoms with Gasteiger partial charge < -0.3 is 0 Å². The lowest BCUT2D eigenvalue weighted by atomic mass is 10.5. The number of nitrogens with two attached hydrogens (primary N) is 1. The molecule has 0 saturated carbocycles. The van der Waals surface area contributed by atoms with Crippen molar-refractivity contribution in [3.63, 3.8) is 0 Å². The van der Waals surface area contributed by atoms with Crippen LogP contribution in [0.2, 0.25) is 0 Å². The Morgan fingerprint density at radius 1 is 1.40 bits per heavy atom. The molecule has 10 heteroatoms. The summed E-state index contributed by atoms with van der Waals surface area (Å²) in [7, 11) is -2.36. The van der Waals surface area contributed by atoms with Gasteiger partial charge in [0.2, 0.25) is 0 Å². The fourth-order valence-electron chi connectivity index (χ4n) is 1.05. The predicted molar refractivity (Wildman–Crippen MR) is 51.3 cm³/mol. The standard InChI is InChI=1S/C5H6N6O2S2/c1-11-4(3-2-14-10-7-3)8-9-5(11)15(6,12)13/h2H,1H3,(H2,6,12,13). The summed E-state index contributed by atoms with van der Waals surface area (Å²) in [6.07, 6.45) is 0. The molecule has 0 bridgehead atoms. The molecule has 2 heterocycles. The molecular weight excluding hydrogens is 240 g/mol. The Hall–Kier alpha value is -1.39. The molecule has 2 N–H and O–H groups in total. The minimum absolute atomic E-state index is 0.300. The van der Waals surface area contributed by atoms with E-state index >= 15 is 0 Å². The lowest BCUT2D eigenvalue weighted by Gasteiger charge is -1.98. The third kappa shape index (κ3) is 1.73. The van der Waals surface area contributed by atoms with Crippen molar-refractivity contribution >= 4 is 21.6 Å².